The van der Waals surface area contributed by atoms with Crippen molar-refractivity contribution < 1.29 is 0 Å². The van der Waals surface area contributed by atoms with Crippen molar-refractivity contribution in [3.05, 3.63) is 21.9 Å². The van der Waals surface area contributed by atoms with E-state index in [1.807, 2.05) is 11.3 Å². The van der Waals surface area contributed by atoms with Gasteiger partial charge in [0.1, 0.15) is 0 Å². The first-order valence-electron chi connectivity index (χ1n) is 5.33. The van der Waals surface area contributed by atoms with Crippen LogP contribution in [0.1, 0.15) is 44.2 Å². The van der Waals surface area contributed by atoms with Crippen LogP contribution in [0.5, 0.6) is 0 Å². The molecule has 0 spiro atoms. The lowest BCUT2D eigenvalue weighted by molar-refractivity contribution is 0.0834. The molecule has 0 amide bonds. The highest BCUT2D eigenvalue weighted by molar-refractivity contribution is 7.10. The summed E-state index contributed by atoms with van der Waals surface area (Å²) in [7, 11) is 0. The van der Waals surface area contributed by atoms with Crippen LogP contribution in [0.3, 0.4) is 0 Å². The molecule has 0 aromatic carbocycles. The van der Waals surface area contributed by atoms with Crippen molar-refractivity contribution in [1.82, 2.24) is 4.90 Å². The predicted octanol–water partition coefficient (Wildman–Crippen LogP) is 3.47. The fourth-order valence-corrected chi connectivity index (χ4v) is 3.39. The second-order valence-electron chi connectivity index (χ2n) is 5.09. The van der Waals surface area contributed by atoms with Gasteiger partial charge in [-0.05, 0) is 51.1 Å². The topological polar surface area (TPSA) is 3.24 Å². The highest BCUT2D eigenvalue weighted by atomic mass is 32.1. The predicted molar refractivity (Wildman–Crippen MR) is 62.9 cm³/mol. The monoisotopic (exact) mass is 209 g/mol. The third-order valence-electron chi connectivity index (χ3n) is 3.14. The summed E-state index contributed by atoms with van der Waals surface area (Å²) < 4.78 is 0. The van der Waals surface area contributed by atoms with Gasteiger partial charge in [-0.3, -0.25) is 4.90 Å². The largest absolute Gasteiger partial charge is 0.291 e. The average Bonchev–Trinajstić information content (AvgIpc) is 2.50. The Morgan fingerprint density at radius 2 is 2.14 bits per heavy atom. The molecule has 14 heavy (non-hydrogen) atoms. The Hall–Kier alpha value is -0.340. The normalized spacial score (nSPS) is 23.6. The van der Waals surface area contributed by atoms with Crippen LogP contribution in [-0.2, 0) is 6.42 Å². The van der Waals surface area contributed by atoms with Gasteiger partial charge >= 0.3 is 0 Å². The summed E-state index contributed by atoms with van der Waals surface area (Å²) in [5.74, 6) is 0. The third-order valence-corrected chi connectivity index (χ3v) is 4.14. The maximum Gasteiger partial charge on any atom is 0.0336 e. The molecule has 0 unspecified atom stereocenters. The zero-order valence-corrected chi connectivity index (χ0v) is 10.3. The van der Waals surface area contributed by atoms with E-state index in [0.29, 0.717) is 11.6 Å². The summed E-state index contributed by atoms with van der Waals surface area (Å²) in [5, 5.41) is 2.23. The third kappa shape index (κ3) is 1.61. The van der Waals surface area contributed by atoms with Gasteiger partial charge in [0.25, 0.3) is 0 Å². The number of hydrogen-bond acceptors (Lipinski definition) is 2. The highest BCUT2D eigenvalue weighted by Gasteiger charge is 2.31. The minimum Gasteiger partial charge on any atom is -0.291 e. The van der Waals surface area contributed by atoms with Gasteiger partial charge in [-0.2, -0.15) is 0 Å². The molecule has 0 aliphatic carbocycles. The molecule has 78 valence electrons. The quantitative estimate of drug-likeness (QED) is 0.632. The second-order valence-corrected chi connectivity index (χ2v) is 6.09. The van der Waals surface area contributed by atoms with Gasteiger partial charge in [-0.15, -0.1) is 11.3 Å². The minimum atomic E-state index is 0.291. The summed E-state index contributed by atoms with van der Waals surface area (Å²) in [6.45, 7) is 10.5. The Bertz CT molecular complexity index is 321. The molecule has 2 rings (SSSR count). The Morgan fingerprint density at radius 3 is 2.79 bits per heavy atom. The van der Waals surface area contributed by atoms with E-state index in [1.54, 1.807) is 10.4 Å². The fourth-order valence-electron chi connectivity index (χ4n) is 2.43. The molecule has 0 saturated heterocycles. The smallest absolute Gasteiger partial charge is 0.0336 e. The van der Waals surface area contributed by atoms with Crippen molar-refractivity contribution in [2.45, 2.75) is 45.7 Å². The second kappa shape index (κ2) is 3.35. The van der Waals surface area contributed by atoms with Crippen LogP contribution in [0.25, 0.3) is 0 Å². The van der Waals surface area contributed by atoms with Crippen molar-refractivity contribution in [2.75, 3.05) is 6.54 Å². The maximum atomic E-state index is 2.60. The van der Waals surface area contributed by atoms with Crippen LogP contribution in [0.2, 0.25) is 0 Å². The molecule has 0 radical (unpaired) electrons. The Morgan fingerprint density at radius 1 is 1.43 bits per heavy atom. The number of thiophene rings is 1. The molecule has 1 nitrogen and oxygen atoms in total. The van der Waals surface area contributed by atoms with Crippen molar-refractivity contribution >= 4 is 11.3 Å². The average molecular weight is 209 g/mol. The molecule has 1 aromatic rings. The first-order valence-corrected chi connectivity index (χ1v) is 6.21. The van der Waals surface area contributed by atoms with E-state index in [1.165, 1.54) is 13.0 Å². The van der Waals surface area contributed by atoms with Gasteiger partial charge in [-0.1, -0.05) is 0 Å². The van der Waals surface area contributed by atoms with Crippen LogP contribution in [0.4, 0.5) is 0 Å². The van der Waals surface area contributed by atoms with Crippen LogP contribution in [-0.4, -0.2) is 17.0 Å². The van der Waals surface area contributed by atoms with Crippen molar-refractivity contribution in [2.24, 2.45) is 0 Å². The molecule has 1 aliphatic heterocycles. The summed E-state index contributed by atoms with van der Waals surface area (Å²) in [6, 6.07) is 2.88. The zero-order chi connectivity index (χ0) is 10.3. The minimum absolute atomic E-state index is 0.291. The molecule has 1 aliphatic rings. The van der Waals surface area contributed by atoms with E-state index < -0.39 is 0 Å². The first-order chi connectivity index (χ1) is 6.50. The lowest BCUT2D eigenvalue weighted by Gasteiger charge is -2.43. The van der Waals surface area contributed by atoms with E-state index in [0.717, 1.165) is 0 Å². The summed E-state index contributed by atoms with van der Waals surface area (Å²) in [5.41, 5.74) is 1.84. The molecule has 2 heterocycles. The SMILES string of the molecule is C[C@@H]1c2ccsc2CCN1C(C)(C)C. The van der Waals surface area contributed by atoms with Crippen LogP contribution >= 0.6 is 11.3 Å². The van der Waals surface area contributed by atoms with Crippen LogP contribution in [0, 0.1) is 0 Å². The molecule has 0 saturated carbocycles. The first kappa shape index (κ1) is 10.2. The molecule has 2 heteroatoms. The van der Waals surface area contributed by atoms with Gasteiger partial charge in [0.2, 0.25) is 0 Å². The fraction of sp³-hybridized carbons (Fsp3) is 0.667. The lowest BCUT2D eigenvalue weighted by Crippen LogP contribution is -2.46. The Balaban J connectivity index is 2.30. The molecule has 0 fully saturated rings. The van der Waals surface area contributed by atoms with E-state index in [-0.39, 0.29) is 0 Å². The molecular weight excluding hydrogens is 190 g/mol. The van der Waals surface area contributed by atoms with Crippen molar-refractivity contribution in [3.8, 4) is 0 Å². The van der Waals surface area contributed by atoms with E-state index in [9.17, 15) is 0 Å². The number of nitrogens with zero attached hydrogens (tertiary/aromatic N) is 1. The number of fused-ring (bicyclic) bond motifs is 1. The van der Waals surface area contributed by atoms with Crippen molar-refractivity contribution in [3.63, 3.8) is 0 Å². The highest BCUT2D eigenvalue weighted by Crippen LogP contribution is 2.36. The standard InChI is InChI=1S/C12H19NS/c1-9-10-6-8-14-11(10)5-7-13(9)12(2,3)4/h6,8-9H,5,7H2,1-4H3/t9-/m1/s1. The summed E-state index contributed by atoms with van der Waals surface area (Å²) >= 11 is 1.92. The van der Waals surface area contributed by atoms with Gasteiger partial charge in [0, 0.05) is 23.0 Å². The van der Waals surface area contributed by atoms with Gasteiger partial charge < -0.3 is 0 Å². The Kier molecular flexibility index (Phi) is 2.44. The maximum absolute atomic E-state index is 2.60. The van der Waals surface area contributed by atoms with Gasteiger partial charge in [-0.25, -0.2) is 0 Å². The van der Waals surface area contributed by atoms with Gasteiger partial charge in [0.05, 0.1) is 0 Å². The summed E-state index contributed by atoms with van der Waals surface area (Å²) in [6.07, 6.45) is 1.23. The van der Waals surface area contributed by atoms with Crippen molar-refractivity contribution in [1.29, 1.82) is 0 Å². The molecule has 0 N–H and O–H groups in total. The van der Waals surface area contributed by atoms with E-state index in [4.69, 9.17) is 0 Å². The Labute approximate surface area is 90.7 Å². The summed E-state index contributed by atoms with van der Waals surface area (Å²) in [4.78, 5) is 4.19. The van der Waals surface area contributed by atoms with E-state index in [2.05, 4.69) is 44.0 Å². The molecule has 1 atom stereocenters. The van der Waals surface area contributed by atoms with Crippen LogP contribution in [0.15, 0.2) is 11.4 Å². The number of rotatable bonds is 0. The zero-order valence-electron chi connectivity index (χ0n) is 9.50. The lowest BCUT2D eigenvalue weighted by atomic mass is 9.94. The van der Waals surface area contributed by atoms with Crippen LogP contribution < -0.4 is 0 Å². The van der Waals surface area contributed by atoms with E-state index >= 15 is 0 Å². The molecule has 1 aromatic heterocycles. The molecular formula is C12H19NS. The van der Waals surface area contributed by atoms with Gasteiger partial charge in [0.15, 0.2) is 0 Å². The number of hydrogen-bond donors (Lipinski definition) is 0. The molecule has 0 bridgehead atoms.